The third-order valence-electron chi connectivity index (χ3n) is 3.93. The summed E-state index contributed by atoms with van der Waals surface area (Å²) in [6.45, 7) is 5.39. The second kappa shape index (κ2) is 7.05. The molecule has 1 aromatic carbocycles. The molecule has 4 heteroatoms. The van der Waals surface area contributed by atoms with Crippen molar-refractivity contribution in [2.75, 3.05) is 18.0 Å². The highest BCUT2D eigenvalue weighted by Crippen LogP contribution is 2.31. The molecule has 1 amide bonds. The Hall–Kier alpha value is -1.39. The lowest BCUT2D eigenvalue weighted by atomic mass is 9.95. The van der Waals surface area contributed by atoms with Crippen LogP contribution in [0.5, 0.6) is 0 Å². The smallest absolute Gasteiger partial charge is 0.227 e. The molecule has 1 unspecified atom stereocenters. The molecule has 0 saturated heterocycles. The van der Waals surface area contributed by atoms with E-state index in [-0.39, 0.29) is 5.91 Å². The fraction of sp³-hybridized carbons (Fsp3) is 0.588. The van der Waals surface area contributed by atoms with Crippen LogP contribution in [0.25, 0.3) is 0 Å². The van der Waals surface area contributed by atoms with E-state index in [9.17, 15) is 9.90 Å². The Bertz CT molecular complexity index is 500. The van der Waals surface area contributed by atoms with Gasteiger partial charge in [-0.15, -0.1) is 0 Å². The van der Waals surface area contributed by atoms with E-state index < -0.39 is 6.10 Å². The van der Waals surface area contributed by atoms with E-state index >= 15 is 0 Å². The van der Waals surface area contributed by atoms with Gasteiger partial charge in [0, 0.05) is 18.7 Å². The lowest BCUT2D eigenvalue weighted by Crippen LogP contribution is -2.36. The average molecular weight is 290 g/mol. The van der Waals surface area contributed by atoms with Crippen molar-refractivity contribution >= 4 is 11.6 Å². The van der Waals surface area contributed by atoms with Gasteiger partial charge in [-0.3, -0.25) is 4.79 Å². The molecule has 1 atom stereocenters. The molecule has 0 fully saturated rings. The number of fused-ring (bicyclic) bond motifs is 1. The van der Waals surface area contributed by atoms with Crippen molar-refractivity contribution in [1.82, 2.24) is 0 Å². The van der Waals surface area contributed by atoms with Crippen LogP contribution in [0.1, 0.15) is 50.3 Å². The van der Waals surface area contributed by atoms with E-state index in [0.717, 1.165) is 36.2 Å². The number of hydrogen-bond donors (Lipinski definition) is 2. The molecule has 2 rings (SSSR count). The highest BCUT2D eigenvalue weighted by Gasteiger charge is 2.23. The number of anilines is 1. The molecule has 0 aromatic heterocycles. The van der Waals surface area contributed by atoms with Crippen LogP contribution in [0.4, 0.5) is 5.69 Å². The van der Waals surface area contributed by atoms with Crippen LogP contribution >= 0.6 is 0 Å². The average Bonchev–Trinajstić information content (AvgIpc) is 2.45. The number of aliphatic hydroxyl groups is 1. The molecule has 1 aliphatic heterocycles. The lowest BCUT2D eigenvalue weighted by molar-refractivity contribution is -0.119. The van der Waals surface area contributed by atoms with Gasteiger partial charge < -0.3 is 15.7 Å². The van der Waals surface area contributed by atoms with Gasteiger partial charge in [0.25, 0.3) is 0 Å². The zero-order valence-electron chi connectivity index (χ0n) is 13.0. The summed E-state index contributed by atoms with van der Waals surface area (Å²) < 4.78 is 0. The van der Waals surface area contributed by atoms with Crippen LogP contribution < -0.4 is 10.6 Å². The SMILES string of the molecule is CC(C)CC(=O)N1CCCc2cc(C(O)CCN)ccc21. The van der Waals surface area contributed by atoms with Gasteiger partial charge in [-0.1, -0.05) is 26.0 Å². The molecule has 0 bridgehead atoms. The molecule has 1 aromatic rings. The molecular weight excluding hydrogens is 264 g/mol. The van der Waals surface area contributed by atoms with E-state index in [0.29, 0.717) is 25.3 Å². The fourth-order valence-corrected chi connectivity index (χ4v) is 2.87. The van der Waals surface area contributed by atoms with Gasteiger partial charge in [0.1, 0.15) is 0 Å². The molecule has 116 valence electrons. The highest BCUT2D eigenvalue weighted by atomic mass is 16.3. The number of nitrogens with two attached hydrogens (primary N) is 1. The first kappa shape index (κ1) is 16.0. The van der Waals surface area contributed by atoms with Gasteiger partial charge in [-0.25, -0.2) is 0 Å². The van der Waals surface area contributed by atoms with Gasteiger partial charge in [-0.05, 0) is 48.9 Å². The second-order valence-corrected chi connectivity index (χ2v) is 6.23. The van der Waals surface area contributed by atoms with Gasteiger partial charge in [0.15, 0.2) is 0 Å². The summed E-state index contributed by atoms with van der Waals surface area (Å²) in [5, 5.41) is 10.1. The van der Waals surface area contributed by atoms with Crippen LogP contribution in [0, 0.1) is 5.92 Å². The van der Waals surface area contributed by atoms with Gasteiger partial charge in [0.2, 0.25) is 5.91 Å². The number of benzene rings is 1. The molecule has 0 radical (unpaired) electrons. The first-order chi connectivity index (χ1) is 10.0. The Labute approximate surface area is 126 Å². The predicted molar refractivity (Wildman–Crippen MR) is 85.2 cm³/mol. The largest absolute Gasteiger partial charge is 0.388 e. The topological polar surface area (TPSA) is 66.6 Å². The van der Waals surface area contributed by atoms with E-state index in [1.165, 1.54) is 0 Å². The number of rotatable bonds is 5. The minimum absolute atomic E-state index is 0.196. The van der Waals surface area contributed by atoms with Crippen LogP contribution in [-0.2, 0) is 11.2 Å². The maximum absolute atomic E-state index is 12.4. The van der Waals surface area contributed by atoms with Crippen LogP contribution in [0.3, 0.4) is 0 Å². The fourth-order valence-electron chi connectivity index (χ4n) is 2.87. The molecular formula is C17H26N2O2. The molecule has 4 nitrogen and oxygen atoms in total. The van der Waals surface area contributed by atoms with Crippen molar-refractivity contribution in [2.24, 2.45) is 11.7 Å². The first-order valence-corrected chi connectivity index (χ1v) is 7.84. The number of hydrogen-bond acceptors (Lipinski definition) is 3. The zero-order valence-corrected chi connectivity index (χ0v) is 13.0. The van der Waals surface area contributed by atoms with Crippen molar-refractivity contribution in [3.63, 3.8) is 0 Å². The van der Waals surface area contributed by atoms with Crippen LogP contribution in [-0.4, -0.2) is 24.1 Å². The third kappa shape index (κ3) is 3.83. The van der Waals surface area contributed by atoms with Crippen LogP contribution in [0.15, 0.2) is 18.2 Å². The molecule has 0 aliphatic carbocycles. The monoisotopic (exact) mass is 290 g/mol. The Morgan fingerprint density at radius 3 is 2.86 bits per heavy atom. The third-order valence-corrected chi connectivity index (χ3v) is 3.93. The Kier molecular flexibility index (Phi) is 5.37. The van der Waals surface area contributed by atoms with Gasteiger partial charge in [-0.2, -0.15) is 0 Å². The maximum Gasteiger partial charge on any atom is 0.227 e. The number of aliphatic hydroxyl groups excluding tert-OH is 1. The molecule has 0 saturated carbocycles. The summed E-state index contributed by atoms with van der Waals surface area (Å²) in [4.78, 5) is 14.3. The molecule has 1 heterocycles. The summed E-state index contributed by atoms with van der Waals surface area (Å²) in [7, 11) is 0. The van der Waals surface area contributed by atoms with Crippen molar-refractivity contribution in [1.29, 1.82) is 0 Å². The summed E-state index contributed by atoms with van der Waals surface area (Å²) in [6.07, 6.45) is 2.57. The highest BCUT2D eigenvalue weighted by molar-refractivity contribution is 5.94. The number of carbonyl (C=O) groups excluding carboxylic acids is 1. The standard InChI is InChI=1S/C17H26N2O2/c1-12(2)10-17(21)19-9-3-4-13-11-14(5-6-15(13)19)16(20)7-8-18/h5-6,11-12,16,20H,3-4,7-10,18H2,1-2H3. The quantitative estimate of drug-likeness (QED) is 0.875. The molecule has 21 heavy (non-hydrogen) atoms. The summed E-state index contributed by atoms with van der Waals surface area (Å²) in [5.74, 6) is 0.565. The minimum Gasteiger partial charge on any atom is -0.388 e. The Morgan fingerprint density at radius 2 is 2.19 bits per heavy atom. The summed E-state index contributed by atoms with van der Waals surface area (Å²) >= 11 is 0. The Morgan fingerprint density at radius 1 is 1.43 bits per heavy atom. The van der Waals surface area contributed by atoms with Gasteiger partial charge in [0.05, 0.1) is 6.10 Å². The normalized spacial score (nSPS) is 16.0. The van der Waals surface area contributed by atoms with Crippen LogP contribution in [0.2, 0.25) is 0 Å². The van der Waals surface area contributed by atoms with Crippen molar-refractivity contribution in [2.45, 2.75) is 45.6 Å². The minimum atomic E-state index is -0.512. The number of aryl methyl sites for hydroxylation is 1. The summed E-state index contributed by atoms with van der Waals surface area (Å²) in [5.41, 5.74) is 8.57. The van der Waals surface area contributed by atoms with Crippen molar-refractivity contribution in [3.05, 3.63) is 29.3 Å². The zero-order chi connectivity index (χ0) is 15.4. The van der Waals surface area contributed by atoms with E-state index in [4.69, 9.17) is 5.73 Å². The van der Waals surface area contributed by atoms with E-state index in [1.807, 2.05) is 23.1 Å². The number of carbonyl (C=O) groups is 1. The first-order valence-electron chi connectivity index (χ1n) is 7.84. The lowest BCUT2D eigenvalue weighted by Gasteiger charge is -2.31. The summed E-state index contributed by atoms with van der Waals surface area (Å²) in [6, 6.07) is 5.92. The number of nitrogens with zero attached hydrogens (tertiary/aromatic N) is 1. The van der Waals surface area contributed by atoms with Crippen molar-refractivity contribution in [3.8, 4) is 0 Å². The van der Waals surface area contributed by atoms with Crippen molar-refractivity contribution < 1.29 is 9.90 Å². The number of amides is 1. The molecule has 3 N–H and O–H groups in total. The van der Waals surface area contributed by atoms with Gasteiger partial charge >= 0.3 is 0 Å². The second-order valence-electron chi connectivity index (χ2n) is 6.23. The Balaban J connectivity index is 2.22. The molecule has 1 aliphatic rings. The maximum atomic E-state index is 12.4. The predicted octanol–water partition coefficient (Wildman–Crippen LogP) is 2.39. The molecule has 0 spiro atoms. The van der Waals surface area contributed by atoms with E-state index in [1.54, 1.807) is 0 Å². The van der Waals surface area contributed by atoms with E-state index in [2.05, 4.69) is 13.8 Å².